The molecule has 1 unspecified atom stereocenters. The number of hydrogen-bond acceptors (Lipinski definition) is 4. The zero-order valence-corrected chi connectivity index (χ0v) is 7.78. The van der Waals surface area contributed by atoms with E-state index in [-0.39, 0.29) is 6.42 Å². The van der Waals surface area contributed by atoms with Crippen LogP contribution in [0.25, 0.3) is 0 Å². The van der Waals surface area contributed by atoms with E-state index in [4.69, 9.17) is 9.84 Å². The first-order chi connectivity index (χ1) is 6.11. The molecule has 0 spiro atoms. The van der Waals surface area contributed by atoms with Crippen LogP contribution < -0.4 is 0 Å². The van der Waals surface area contributed by atoms with Gasteiger partial charge in [-0.05, 0) is 6.42 Å². The third kappa shape index (κ3) is 5.19. The molecule has 13 heavy (non-hydrogen) atoms. The number of hydrogen-bond donors (Lipinski definition) is 1. The van der Waals surface area contributed by atoms with Gasteiger partial charge in [0.25, 0.3) is 0 Å². The van der Waals surface area contributed by atoms with Gasteiger partial charge in [0.15, 0.2) is 0 Å². The summed E-state index contributed by atoms with van der Waals surface area (Å²) in [6.07, 6.45) is 0.218. The molecule has 0 aromatic rings. The maximum absolute atomic E-state index is 10.8. The van der Waals surface area contributed by atoms with Crippen molar-refractivity contribution >= 4 is 11.9 Å². The van der Waals surface area contributed by atoms with E-state index in [0.717, 1.165) is 0 Å². The summed E-state index contributed by atoms with van der Waals surface area (Å²) in [5.74, 6) is -2.22. The molecular formula is C8H14O5. The van der Waals surface area contributed by atoms with Gasteiger partial charge in [-0.2, -0.15) is 0 Å². The molecule has 0 aliphatic rings. The summed E-state index contributed by atoms with van der Waals surface area (Å²) < 4.78 is 9.09. The van der Waals surface area contributed by atoms with E-state index in [1.807, 2.05) is 0 Å². The van der Waals surface area contributed by atoms with Crippen molar-refractivity contribution in [1.29, 1.82) is 0 Å². The first-order valence-electron chi connectivity index (χ1n) is 3.90. The minimum atomic E-state index is -0.998. The second-order valence-electron chi connectivity index (χ2n) is 2.60. The topological polar surface area (TPSA) is 72.8 Å². The Morgan fingerprint density at radius 1 is 1.38 bits per heavy atom. The lowest BCUT2D eigenvalue weighted by molar-refractivity contribution is -0.150. The smallest absolute Gasteiger partial charge is 0.307 e. The van der Waals surface area contributed by atoms with Crippen LogP contribution in [0.4, 0.5) is 0 Å². The Morgan fingerprint density at radius 2 is 2.00 bits per heavy atom. The molecule has 0 aromatic heterocycles. The lowest BCUT2D eigenvalue weighted by Gasteiger charge is -2.09. The predicted molar refractivity (Wildman–Crippen MR) is 44.3 cm³/mol. The molecule has 0 fully saturated rings. The Labute approximate surface area is 76.6 Å². The van der Waals surface area contributed by atoms with Gasteiger partial charge in [0.2, 0.25) is 0 Å². The number of carbonyl (C=O) groups excluding carboxylic acids is 1. The van der Waals surface area contributed by atoms with Crippen molar-refractivity contribution in [2.24, 2.45) is 5.92 Å². The zero-order valence-electron chi connectivity index (χ0n) is 7.78. The van der Waals surface area contributed by atoms with Gasteiger partial charge in [-0.25, -0.2) is 0 Å². The number of aliphatic carboxylic acids is 1. The van der Waals surface area contributed by atoms with E-state index in [0.29, 0.717) is 13.0 Å². The van der Waals surface area contributed by atoms with Crippen molar-refractivity contribution in [3.8, 4) is 0 Å². The summed E-state index contributed by atoms with van der Waals surface area (Å²) in [6, 6.07) is 0. The molecule has 0 saturated carbocycles. The summed E-state index contributed by atoms with van der Waals surface area (Å²) in [5.41, 5.74) is 0. The Bertz CT molecular complexity index is 177. The summed E-state index contributed by atoms with van der Waals surface area (Å²) >= 11 is 0. The molecule has 0 saturated heterocycles. The number of carboxylic acids is 1. The van der Waals surface area contributed by atoms with E-state index in [1.165, 1.54) is 14.2 Å². The maximum atomic E-state index is 10.8. The normalized spacial score (nSPS) is 12.2. The van der Waals surface area contributed by atoms with Crippen LogP contribution in [-0.2, 0) is 19.1 Å². The van der Waals surface area contributed by atoms with Crippen LogP contribution >= 0.6 is 0 Å². The molecule has 0 aliphatic heterocycles. The van der Waals surface area contributed by atoms with Crippen LogP contribution in [0.15, 0.2) is 0 Å². The van der Waals surface area contributed by atoms with Crippen molar-refractivity contribution in [2.75, 3.05) is 20.8 Å². The Kier molecular flexibility index (Phi) is 5.88. The molecule has 0 bridgehead atoms. The SMILES string of the molecule is COCCC(CC(=O)OC)C(=O)O. The number of ether oxygens (including phenoxy) is 2. The fourth-order valence-corrected chi connectivity index (χ4v) is 0.857. The third-order valence-corrected chi connectivity index (χ3v) is 1.66. The molecule has 0 heterocycles. The van der Waals surface area contributed by atoms with E-state index in [1.54, 1.807) is 0 Å². The van der Waals surface area contributed by atoms with Gasteiger partial charge < -0.3 is 14.6 Å². The molecule has 0 aromatic carbocycles. The Balaban J connectivity index is 3.94. The fourth-order valence-electron chi connectivity index (χ4n) is 0.857. The van der Waals surface area contributed by atoms with Crippen LogP contribution in [0.1, 0.15) is 12.8 Å². The number of methoxy groups -OCH3 is 2. The number of esters is 1. The first kappa shape index (κ1) is 11.9. The van der Waals surface area contributed by atoms with Crippen molar-refractivity contribution in [3.63, 3.8) is 0 Å². The minimum Gasteiger partial charge on any atom is -0.481 e. The van der Waals surface area contributed by atoms with Crippen molar-refractivity contribution in [2.45, 2.75) is 12.8 Å². The summed E-state index contributed by atoms with van der Waals surface area (Å²) in [5, 5.41) is 8.68. The van der Waals surface area contributed by atoms with Gasteiger partial charge >= 0.3 is 11.9 Å². The van der Waals surface area contributed by atoms with Crippen molar-refractivity contribution < 1.29 is 24.2 Å². The predicted octanol–water partition coefficient (Wildman–Crippen LogP) is 0.287. The van der Waals surface area contributed by atoms with Crippen LogP contribution in [0.3, 0.4) is 0 Å². The Hall–Kier alpha value is -1.10. The Morgan fingerprint density at radius 3 is 2.38 bits per heavy atom. The monoisotopic (exact) mass is 190 g/mol. The molecule has 1 N–H and O–H groups in total. The van der Waals surface area contributed by atoms with Crippen LogP contribution in [-0.4, -0.2) is 37.9 Å². The second kappa shape index (κ2) is 6.42. The summed E-state index contributed by atoms with van der Waals surface area (Å²) in [7, 11) is 2.72. The fraction of sp³-hybridized carbons (Fsp3) is 0.750. The van der Waals surface area contributed by atoms with E-state index in [2.05, 4.69) is 4.74 Å². The molecule has 0 amide bonds. The highest BCUT2D eigenvalue weighted by Gasteiger charge is 2.20. The van der Waals surface area contributed by atoms with Crippen molar-refractivity contribution in [3.05, 3.63) is 0 Å². The van der Waals surface area contributed by atoms with Gasteiger partial charge in [-0.1, -0.05) is 0 Å². The van der Waals surface area contributed by atoms with E-state index >= 15 is 0 Å². The van der Waals surface area contributed by atoms with Gasteiger partial charge in [0.05, 0.1) is 19.4 Å². The average molecular weight is 190 g/mol. The highest BCUT2D eigenvalue weighted by Crippen LogP contribution is 2.09. The lowest BCUT2D eigenvalue weighted by atomic mass is 10.0. The molecule has 5 heteroatoms. The summed E-state index contributed by atoms with van der Waals surface area (Å²) in [6.45, 7) is 0.327. The van der Waals surface area contributed by atoms with Gasteiger partial charge in [0, 0.05) is 13.7 Å². The third-order valence-electron chi connectivity index (χ3n) is 1.66. The molecule has 0 aliphatic carbocycles. The van der Waals surface area contributed by atoms with Crippen LogP contribution in [0.2, 0.25) is 0 Å². The van der Waals surface area contributed by atoms with Gasteiger partial charge in [0.1, 0.15) is 0 Å². The van der Waals surface area contributed by atoms with E-state index in [9.17, 15) is 9.59 Å². The van der Waals surface area contributed by atoms with Gasteiger partial charge in [-0.3, -0.25) is 9.59 Å². The molecule has 1 atom stereocenters. The number of rotatable bonds is 6. The molecule has 0 radical (unpaired) electrons. The van der Waals surface area contributed by atoms with E-state index < -0.39 is 17.9 Å². The highest BCUT2D eigenvalue weighted by molar-refractivity contribution is 5.78. The quantitative estimate of drug-likeness (QED) is 0.609. The molecule has 5 nitrogen and oxygen atoms in total. The molecule has 0 rings (SSSR count). The largest absolute Gasteiger partial charge is 0.481 e. The van der Waals surface area contributed by atoms with Crippen LogP contribution in [0.5, 0.6) is 0 Å². The molecular weight excluding hydrogens is 176 g/mol. The highest BCUT2D eigenvalue weighted by atomic mass is 16.5. The number of carbonyl (C=O) groups is 2. The zero-order chi connectivity index (χ0) is 10.3. The number of carboxylic acid groups (broad SMARTS) is 1. The second-order valence-corrected chi connectivity index (χ2v) is 2.60. The maximum Gasteiger partial charge on any atom is 0.307 e. The average Bonchev–Trinajstić information content (AvgIpc) is 2.11. The minimum absolute atomic E-state index is 0.102. The lowest BCUT2D eigenvalue weighted by Crippen LogP contribution is -2.20. The van der Waals surface area contributed by atoms with Gasteiger partial charge in [-0.15, -0.1) is 0 Å². The first-order valence-corrected chi connectivity index (χ1v) is 3.90. The standard InChI is InChI=1S/C8H14O5/c1-12-4-3-6(8(10)11)5-7(9)13-2/h6H,3-5H2,1-2H3,(H,10,11). The summed E-state index contributed by atoms with van der Waals surface area (Å²) in [4.78, 5) is 21.4. The van der Waals surface area contributed by atoms with Crippen molar-refractivity contribution in [1.82, 2.24) is 0 Å². The molecule has 76 valence electrons. The van der Waals surface area contributed by atoms with Crippen LogP contribution in [0, 0.1) is 5.92 Å².